The van der Waals surface area contributed by atoms with Crippen molar-refractivity contribution in [2.45, 2.75) is 25.8 Å². The highest BCUT2D eigenvalue weighted by Gasteiger charge is 2.06. The third kappa shape index (κ3) is 4.70. The molecule has 0 saturated carbocycles. The molecule has 3 aromatic rings. The maximum Gasteiger partial charge on any atom is 0.253 e. The summed E-state index contributed by atoms with van der Waals surface area (Å²) in [6, 6.07) is 17.0. The fourth-order valence-corrected chi connectivity index (χ4v) is 2.96. The summed E-state index contributed by atoms with van der Waals surface area (Å²) in [7, 11) is 0. The van der Waals surface area contributed by atoms with E-state index in [1.165, 1.54) is 0 Å². The van der Waals surface area contributed by atoms with E-state index in [9.17, 15) is 9.59 Å². The third-order valence-corrected chi connectivity index (χ3v) is 4.30. The van der Waals surface area contributed by atoms with E-state index in [1.54, 1.807) is 0 Å². The smallest absolute Gasteiger partial charge is 0.253 e. The fraction of sp³-hybridized carbons (Fsp3) is 0.200. The number of pyridine rings is 1. The quantitative estimate of drug-likeness (QED) is 0.706. The number of aromatic amines is 1. The normalized spacial score (nSPS) is 10.8. The van der Waals surface area contributed by atoms with E-state index in [-0.39, 0.29) is 18.0 Å². The maximum atomic E-state index is 12.1. The number of aromatic nitrogens is 1. The number of hydrogen-bond donors (Lipinski definition) is 2. The Labute approximate surface area is 150 Å². The highest BCUT2D eigenvalue weighted by Crippen LogP contribution is 2.13. The number of fused-ring (bicyclic) bond motifs is 1. The van der Waals surface area contributed by atoms with Gasteiger partial charge in [0.15, 0.2) is 0 Å². The molecule has 0 saturated heterocycles. The van der Waals surface area contributed by atoms with Crippen LogP contribution in [0.25, 0.3) is 10.9 Å². The first kappa shape index (κ1) is 17.2. The van der Waals surface area contributed by atoms with Crippen LogP contribution in [0.2, 0.25) is 5.02 Å². The van der Waals surface area contributed by atoms with E-state index in [2.05, 4.69) is 10.3 Å². The van der Waals surface area contributed by atoms with E-state index >= 15 is 0 Å². The van der Waals surface area contributed by atoms with Crippen molar-refractivity contribution in [2.75, 3.05) is 0 Å². The molecule has 0 unspecified atom stereocenters. The number of amides is 1. The second kappa shape index (κ2) is 7.99. The largest absolute Gasteiger partial charge is 0.352 e. The molecule has 0 aliphatic carbocycles. The molecular formula is C20H19ClN2O2. The maximum absolute atomic E-state index is 12.1. The van der Waals surface area contributed by atoms with Crippen molar-refractivity contribution in [3.63, 3.8) is 0 Å². The molecule has 1 heterocycles. The molecular weight excluding hydrogens is 336 g/mol. The Hall–Kier alpha value is -2.59. The molecule has 0 spiro atoms. The van der Waals surface area contributed by atoms with Crippen molar-refractivity contribution in [2.24, 2.45) is 0 Å². The van der Waals surface area contributed by atoms with Crippen LogP contribution in [0.4, 0.5) is 0 Å². The molecule has 25 heavy (non-hydrogen) atoms. The predicted molar refractivity (Wildman–Crippen MR) is 101 cm³/mol. The number of rotatable bonds is 6. The summed E-state index contributed by atoms with van der Waals surface area (Å²) in [5, 5.41) is 4.47. The number of H-pyrrole nitrogens is 1. The van der Waals surface area contributed by atoms with Crippen LogP contribution in [0.3, 0.4) is 0 Å². The van der Waals surface area contributed by atoms with E-state index in [1.807, 2.05) is 54.6 Å². The van der Waals surface area contributed by atoms with Crippen LogP contribution in [-0.4, -0.2) is 10.9 Å². The summed E-state index contributed by atoms with van der Waals surface area (Å²) < 4.78 is 0. The molecule has 0 radical (unpaired) electrons. The molecule has 3 rings (SSSR count). The van der Waals surface area contributed by atoms with Crippen LogP contribution in [0.1, 0.15) is 24.0 Å². The summed E-state index contributed by atoms with van der Waals surface area (Å²) >= 11 is 5.95. The lowest BCUT2D eigenvalue weighted by Gasteiger charge is -2.06. The summed E-state index contributed by atoms with van der Waals surface area (Å²) in [5.41, 5.74) is 2.30. The van der Waals surface area contributed by atoms with Crippen LogP contribution in [0, 0.1) is 0 Å². The second-order valence-corrected chi connectivity index (χ2v) is 6.41. The Bertz CT molecular complexity index is 950. The number of benzene rings is 2. The fourth-order valence-electron chi connectivity index (χ4n) is 2.75. The van der Waals surface area contributed by atoms with Gasteiger partial charge in [-0.2, -0.15) is 0 Å². The van der Waals surface area contributed by atoms with Gasteiger partial charge in [0.05, 0.1) is 0 Å². The van der Waals surface area contributed by atoms with Gasteiger partial charge in [-0.3, -0.25) is 9.59 Å². The Morgan fingerprint density at radius 1 is 1.08 bits per heavy atom. The lowest BCUT2D eigenvalue weighted by Crippen LogP contribution is -2.26. The monoisotopic (exact) mass is 354 g/mol. The SMILES string of the molecule is O=C(CCCc1cccc(Cl)c1)NCc1cc2ccccc2[nH]c1=O. The van der Waals surface area contributed by atoms with Gasteiger partial charge >= 0.3 is 0 Å². The first-order chi connectivity index (χ1) is 12.1. The Morgan fingerprint density at radius 3 is 2.76 bits per heavy atom. The molecule has 2 N–H and O–H groups in total. The molecule has 0 aliphatic rings. The van der Waals surface area contributed by atoms with Crippen molar-refractivity contribution < 1.29 is 4.79 Å². The molecule has 128 valence electrons. The molecule has 1 aromatic heterocycles. The minimum Gasteiger partial charge on any atom is -0.352 e. The predicted octanol–water partition coefficient (Wildman–Crippen LogP) is 3.82. The lowest BCUT2D eigenvalue weighted by molar-refractivity contribution is -0.121. The van der Waals surface area contributed by atoms with E-state index in [0.29, 0.717) is 17.0 Å². The molecule has 4 nitrogen and oxygen atoms in total. The van der Waals surface area contributed by atoms with Crippen LogP contribution in [0.5, 0.6) is 0 Å². The van der Waals surface area contributed by atoms with Crippen molar-refractivity contribution >= 4 is 28.4 Å². The molecule has 0 fully saturated rings. The minimum atomic E-state index is -0.169. The number of aryl methyl sites for hydroxylation is 1. The van der Waals surface area contributed by atoms with Gasteiger partial charge < -0.3 is 10.3 Å². The zero-order valence-corrected chi connectivity index (χ0v) is 14.5. The van der Waals surface area contributed by atoms with Crippen LogP contribution >= 0.6 is 11.6 Å². The summed E-state index contributed by atoms with van der Waals surface area (Å²) in [5.74, 6) is -0.0606. The van der Waals surface area contributed by atoms with E-state index in [0.717, 1.165) is 29.3 Å². The lowest BCUT2D eigenvalue weighted by atomic mass is 10.1. The number of halogens is 1. The Balaban J connectivity index is 1.52. The number of nitrogens with one attached hydrogen (secondary N) is 2. The van der Waals surface area contributed by atoms with Gasteiger partial charge in [-0.15, -0.1) is 0 Å². The van der Waals surface area contributed by atoms with E-state index in [4.69, 9.17) is 11.6 Å². The number of hydrogen-bond acceptors (Lipinski definition) is 2. The second-order valence-electron chi connectivity index (χ2n) is 5.97. The van der Waals surface area contributed by atoms with Gasteiger partial charge in [-0.05, 0) is 48.1 Å². The number of carbonyl (C=O) groups excluding carboxylic acids is 1. The standard InChI is InChI=1S/C20H19ClN2O2/c21-17-8-3-5-14(11-17)6-4-10-19(24)22-13-16-12-15-7-1-2-9-18(15)23-20(16)25/h1-3,5,7-9,11-12H,4,6,10,13H2,(H,22,24)(H,23,25). The summed E-state index contributed by atoms with van der Waals surface area (Å²) in [6.07, 6.45) is 1.95. The van der Waals surface area contributed by atoms with E-state index < -0.39 is 0 Å². The van der Waals surface area contributed by atoms with Crippen molar-refractivity contribution in [3.05, 3.63) is 81.1 Å². The average molecular weight is 355 g/mol. The van der Waals surface area contributed by atoms with Crippen LogP contribution in [-0.2, 0) is 17.8 Å². The van der Waals surface area contributed by atoms with Gasteiger partial charge in [-0.1, -0.05) is 41.9 Å². The van der Waals surface area contributed by atoms with Gasteiger partial charge in [0.25, 0.3) is 5.56 Å². The Kier molecular flexibility index (Phi) is 5.51. The first-order valence-corrected chi connectivity index (χ1v) is 8.62. The molecule has 1 amide bonds. The highest BCUT2D eigenvalue weighted by molar-refractivity contribution is 6.30. The number of carbonyl (C=O) groups is 1. The summed E-state index contributed by atoms with van der Waals surface area (Å²) in [4.78, 5) is 26.9. The zero-order valence-electron chi connectivity index (χ0n) is 13.7. The first-order valence-electron chi connectivity index (χ1n) is 8.24. The van der Waals surface area contributed by atoms with Gasteiger partial charge in [0.1, 0.15) is 0 Å². The highest BCUT2D eigenvalue weighted by atomic mass is 35.5. The topological polar surface area (TPSA) is 62.0 Å². The zero-order chi connectivity index (χ0) is 17.6. The number of para-hydroxylation sites is 1. The summed E-state index contributed by atoms with van der Waals surface area (Å²) in [6.45, 7) is 0.232. The third-order valence-electron chi connectivity index (χ3n) is 4.06. The van der Waals surface area contributed by atoms with Crippen LogP contribution in [0.15, 0.2) is 59.4 Å². The Morgan fingerprint density at radius 2 is 1.92 bits per heavy atom. The molecule has 0 atom stereocenters. The van der Waals surface area contributed by atoms with Gasteiger partial charge in [0.2, 0.25) is 5.91 Å². The van der Waals surface area contributed by atoms with Crippen molar-refractivity contribution in [1.29, 1.82) is 0 Å². The molecule has 0 aliphatic heterocycles. The minimum absolute atomic E-state index is 0.0606. The van der Waals surface area contributed by atoms with Crippen molar-refractivity contribution in [1.82, 2.24) is 10.3 Å². The molecule has 0 bridgehead atoms. The molecule has 2 aromatic carbocycles. The molecule has 5 heteroatoms. The average Bonchev–Trinajstić information content (AvgIpc) is 2.60. The van der Waals surface area contributed by atoms with Gasteiger partial charge in [-0.25, -0.2) is 0 Å². The van der Waals surface area contributed by atoms with Gasteiger partial charge in [0, 0.05) is 29.1 Å². The van der Waals surface area contributed by atoms with Crippen LogP contribution < -0.4 is 10.9 Å². The van der Waals surface area contributed by atoms with Crippen molar-refractivity contribution in [3.8, 4) is 0 Å².